The second-order valence-electron chi connectivity index (χ2n) is 7.28. The molecule has 0 saturated carbocycles. The van der Waals surface area contributed by atoms with E-state index in [-0.39, 0.29) is 24.8 Å². The Labute approximate surface area is 159 Å². The third-order valence-corrected chi connectivity index (χ3v) is 4.91. The molecule has 0 bridgehead atoms. The van der Waals surface area contributed by atoms with Crippen LogP contribution >= 0.6 is 0 Å². The summed E-state index contributed by atoms with van der Waals surface area (Å²) in [6.07, 6.45) is 0.0373. The molecule has 2 aromatic carbocycles. The number of likely N-dealkylation sites (tertiary alicyclic amines) is 1. The molecule has 0 aromatic heterocycles. The van der Waals surface area contributed by atoms with Gasteiger partial charge in [0.25, 0.3) is 0 Å². The largest absolute Gasteiger partial charge is 0.487 e. The van der Waals surface area contributed by atoms with Crippen molar-refractivity contribution in [3.05, 3.63) is 53.6 Å². The number of hydrogen-bond donors (Lipinski definition) is 0. The Balaban J connectivity index is 1.42. The molecule has 0 unspecified atom stereocenters. The van der Waals surface area contributed by atoms with Gasteiger partial charge in [-0.25, -0.2) is 0 Å². The lowest BCUT2D eigenvalue weighted by atomic mass is 10.0. The van der Waals surface area contributed by atoms with Gasteiger partial charge in [0, 0.05) is 0 Å². The van der Waals surface area contributed by atoms with Crippen molar-refractivity contribution in [1.82, 2.24) is 9.80 Å². The zero-order valence-electron chi connectivity index (χ0n) is 15.8. The highest BCUT2D eigenvalue weighted by Gasteiger charge is 2.37. The Hall–Kier alpha value is -2.73. The molecule has 1 saturated heterocycles. The molecule has 4 rings (SSSR count). The molecule has 142 valence electrons. The van der Waals surface area contributed by atoms with E-state index in [1.807, 2.05) is 73.3 Å². The predicted molar refractivity (Wildman–Crippen MR) is 101 cm³/mol. The van der Waals surface area contributed by atoms with Crippen LogP contribution < -0.4 is 14.2 Å². The number of hydrogen-bond acceptors (Lipinski definition) is 5. The second-order valence-corrected chi connectivity index (χ2v) is 7.28. The molecule has 2 aromatic rings. The molecular weight excluding hydrogens is 344 g/mol. The van der Waals surface area contributed by atoms with Gasteiger partial charge < -0.3 is 19.1 Å². The molecular formula is C21H24N2O4. The fraction of sp³-hybridized carbons (Fsp3) is 0.381. The molecule has 27 heavy (non-hydrogen) atoms. The summed E-state index contributed by atoms with van der Waals surface area (Å²) in [6.45, 7) is 3.46. The van der Waals surface area contributed by atoms with Gasteiger partial charge in [-0.1, -0.05) is 18.2 Å². The lowest BCUT2D eigenvalue weighted by molar-refractivity contribution is -0.145. The lowest BCUT2D eigenvalue weighted by Gasteiger charge is -2.41. The van der Waals surface area contributed by atoms with Gasteiger partial charge >= 0.3 is 0 Å². The number of aryl methyl sites for hydroxylation is 1. The summed E-state index contributed by atoms with van der Waals surface area (Å²) in [5.41, 5.74) is 2.06. The van der Waals surface area contributed by atoms with Crippen LogP contribution in [0.25, 0.3) is 0 Å². The highest BCUT2D eigenvalue weighted by molar-refractivity contribution is 5.84. The van der Waals surface area contributed by atoms with Crippen LogP contribution in [0.3, 0.4) is 0 Å². The van der Waals surface area contributed by atoms with Crippen molar-refractivity contribution in [1.29, 1.82) is 0 Å². The Morgan fingerprint density at radius 1 is 1.15 bits per heavy atom. The number of benzene rings is 2. The molecule has 0 radical (unpaired) electrons. The van der Waals surface area contributed by atoms with E-state index >= 15 is 0 Å². The number of amides is 1. The van der Waals surface area contributed by atoms with Gasteiger partial charge in [0.2, 0.25) is 12.7 Å². The second kappa shape index (κ2) is 7.12. The van der Waals surface area contributed by atoms with E-state index in [1.54, 1.807) is 0 Å². The normalized spacial score (nSPS) is 17.0. The minimum atomic E-state index is -0.362. The molecule has 6 heteroatoms. The maximum Gasteiger partial charge on any atom is 0.244 e. The van der Waals surface area contributed by atoms with E-state index < -0.39 is 0 Å². The van der Waals surface area contributed by atoms with Gasteiger partial charge in [0.05, 0.1) is 13.1 Å². The maximum absolute atomic E-state index is 13.1. The molecule has 2 aliphatic rings. The van der Waals surface area contributed by atoms with Crippen LogP contribution in [-0.2, 0) is 4.79 Å². The van der Waals surface area contributed by atoms with Crippen LogP contribution in [0.4, 0.5) is 0 Å². The van der Waals surface area contributed by atoms with E-state index in [0.717, 1.165) is 22.6 Å². The third-order valence-electron chi connectivity index (χ3n) is 4.91. The van der Waals surface area contributed by atoms with Crippen molar-refractivity contribution in [2.45, 2.75) is 19.1 Å². The minimum Gasteiger partial charge on any atom is -0.487 e. The number of carbonyl (C=O) groups excluding carboxylic acids is 1. The Kier molecular flexibility index (Phi) is 4.66. The van der Waals surface area contributed by atoms with Gasteiger partial charge in [-0.3, -0.25) is 9.69 Å². The summed E-state index contributed by atoms with van der Waals surface area (Å²) in [5, 5.41) is 0. The van der Waals surface area contributed by atoms with Crippen molar-refractivity contribution in [2.75, 3.05) is 34.0 Å². The first-order valence-electron chi connectivity index (χ1n) is 9.09. The summed E-state index contributed by atoms with van der Waals surface area (Å²) in [4.78, 5) is 16.8. The Morgan fingerprint density at radius 3 is 2.67 bits per heavy atom. The minimum absolute atomic E-state index is 0.0373. The van der Waals surface area contributed by atoms with E-state index in [1.165, 1.54) is 0 Å². The number of rotatable bonds is 5. The van der Waals surface area contributed by atoms with Gasteiger partial charge in [-0.05, 0) is 56.4 Å². The predicted octanol–water partition coefficient (Wildman–Crippen LogP) is 2.62. The van der Waals surface area contributed by atoms with Crippen molar-refractivity contribution < 1.29 is 19.0 Å². The third kappa shape index (κ3) is 3.57. The fourth-order valence-corrected chi connectivity index (χ4v) is 3.49. The van der Waals surface area contributed by atoms with Crippen LogP contribution in [0.5, 0.6) is 17.2 Å². The molecule has 2 heterocycles. The summed E-state index contributed by atoms with van der Waals surface area (Å²) >= 11 is 0. The van der Waals surface area contributed by atoms with Gasteiger partial charge in [-0.2, -0.15) is 0 Å². The molecule has 1 fully saturated rings. The van der Waals surface area contributed by atoms with E-state index in [2.05, 4.69) is 0 Å². The number of nitrogens with zero attached hydrogens (tertiary/aromatic N) is 2. The number of fused-ring (bicyclic) bond motifs is 1. The number of likely N-dealkylation sites (N-methyl/N-ethyl adjacent to an activating group) is 1. The summed E-state index contributed by atoms with van der Waals surface area (Å²) in [5.74, 6) is 2.34. The molecule has 0 aliphatic carbocycles. The Bertz CT molecular complexity index is 846. The van der Waals surface area contributed by atoms with Crippen LogP contribution in [0.2, 0.25) is 0 Å². The topological polar surface area (TPSA) is 51.2 Å². The molecule has 0 spiro atoms. The summed E-state index contributed by atoms with van der Waals surface area (Å²) < 4.78 is 16.8. The van der Waals surface area contributed by atoms with Crippen LogP contribution in [-0.4, -0.2) is 55.8 Å². The highest BCUT2D eigenvalue weighted by atomic mass is 16.7. The van der Waals surface area contributed by atoms with Crippen molar-refractivity contribution >= 4 is 5.91 Å². The van der Waals surface area contributed by atoms with Crippen LogP contribution in [0, 0.1) is 6.92 Å². The van der Waals surface area contributed by atoms with E-state index in [9.17, 15) is 4.79 Å². The van der Waals surface area contributed by atoms with Crippen LogP contribution in [0.15, 0.2) is 42.5 Å². The van der Waals surface area contributed by atoms with E-state index in [0.29, 0.717) is 18.8 Å². The van der Waals surface area contributed by atoms with Gasteiger partial charge in [-0.15, -0.1) is 0 Å². The first-order chi connectivity index (χ1) is 13.0. The first-order valence-corrected chi connectivity index (χ1v) is 9.09. The first kappa shape index (κ1) is 17.7. The van der Waals surface area contributed by atoms with Crippen LogP contribution in [0.1, 0.15) is 17.2 Å². The smallest absolute Gasteiger partial charge is 0.244 e. The molecule has 0 N–H and O–H groups in total. The highest BCUT2D eigenvalue weighted by Crippen LogP contribution is 2.36. The molecule has 2 aliphatic heterocycles. The summed E-state index contributed by atoms with van der Waals surface area (Å²) in [6, 6.07) is 13.3. The van der Waals surface area contributed by atoms with E-state index in [4.69, 9.17) is 14.2 Å². The summed E-state index contributed by atoms with van der Waals surface area (Å²) in [7, 11) is 3.82. The van der Waals surface area contributed by atoms with Crippen molar-refractivity contribution in [3.63, 3.8) is 0 Å². The average molecular weight is 368 g/mol. The maximum atomic E-state index is 13.1. The Morgan fingerprint density at radius 2 is 1.93 bits per heavy atom. The monoisotopic (exact) mass is 368 g/mol. The molecule has 6 nitrogen and oxygen atoms in total. The fourth-order valence-electron chi connectivity index (χ4n) is 3.49. The van der Waals surface area contributed by atoms with Crippen molar-refractivity contribution in [3.8, 4) is 17.2 Å². The number of carbonyl (C=O) groups is 1. The zero-order chi connectivity index (χ0) is 19.0. The molecule has 1 atom stereocenters. The quantitative estimate of drug-likeness (QED) is 0.812. The standard InChI is InChI=1S/C21H24N2O4/c1-14-5-4-6-16(9-14)27-17-11-23(12-17)21(24)20(22(2)3)15-7-8-18-19(10-15)26-13-25-18/h4-10,17,20H,11-13H2,1-3H3/t20-/m0/s1. The number of ether oxygens (including phenoxy) is 3. The average Bonchev–Trinajstić information content (AvgIpc) is 3.05. The zero-order valence-corrected chi connectivity index (χ0v) is 15.8. The van der Waals surface area contributed by atoms with Crippen molar-refractivity contribution in [2.24, 2.45) is 0 Å². The molecule has 1 amide bonds. The van der Waals surface area contributed by atoms with Gasteiger partial charge in [0.15, 0.2) is 11.5 Å². The van der Waals surface area contributed by atoms with Gasteiger partial charge in [0.1, 0.15) is 17.9 Å². The lowest BCUT2D eigenvalue weighted by Crippen LogP contribution is -2.58. The SMILES string of the molecule is Cc1cccc(OC2CN(C(=O)[C@H](c3ccc4c(c3)OCO4)N(C)C)C2)c1.